The van der Waals surface area contributed by atoms with Crippen LogP contribution in [0.1, 0.15) is 5.56 Å². The molecule has 98 valence electrons. The second kappa shape index (κ2) is 5.73. The molecule has 1 heterocycles. The highest BCUT2D eigenvalue weighted by atomic mass is 16.5. The van der Waals surface area contributed by atoms with Gasteiger partial charge >= 0.3 is 0 Å². The van der Waals surface area contributed by atoms with Gasteiger partial charge in [0.05, 0.1) is 20.3 Å². The van der Waals surface area contributed by atoms with Gasteiger partial charge in [-0.25, -0.2) is 0 Å². The van der Waals surface area contributed by atoms with Gasteiger partial charge < -0.3 is 20.1 Å². The fraction of sp³-hybridized carbons (Fsp3) is 0.462. The Labute approximate surface area is 106 Å². The average molecular weight is 250 g/mol. The maximum Gasteiger partial charge on any atom is 0.237 e. The zero-order chi connectivity index (χ0) is 13.0. The fourth-order valence-electron chi connectivity index (χ4n) is 2.15. The summed E-state index contributed by atoms with van der Waals surface area (Å²) in [6.07, 6.45) is 0.589. The molecule has 0 unspecified atom stereocenters. The number of hydrogen-bond acceptors (Lipinski definition) is 4. The van der Waals surface area contributed by atoms with Crippen LogP contribution in [0.5, 0.6) is 11.5 Å². The van der Waals surface area contributed by atoms with Gasteiger partial charge in [0.1, 0.15) is 0 Å². The first-order valence-electron chi connectivity index (χ1n) is 5.97. The van der Waals surface area contributed by atoms with Crippen LogP contribution in [0.25, 0.3) is 0 Å². The summed E-state index contributed by atoms with van der Waals surface area (Å²) < 4.78 is 10.6. The lowest BCUT2D eigenvalue weighted by molar-refractivity contribution is -0.124. The summed E-state index contributed by atoms with van der Waals surface area (Å²) >= 11 is 0. The predicted octanol–water partition coefficient (Wildman–Crippen LogP) is 0.334. The molecule has 0 aromatic heterocycles. The molecule has 0 radical (unpaired) electrons. The monoisotopic (exact) mass is 250 g/mol. The van der Waals surface area contributed by atoms with E-state index >= 15 is 0 Å². The molecule has 0 saturated carbocycles. The van der Waals surface area contributed by atoms with Crippen molar-refractivity contribution in [2.75, 3.05) is 27.3 Å². The van der Waals surface area contributed by atoms with E-state index in [4.69, 9.17) is 9.47 Å². The third-order valence-electron chi connectivity index (χ3n) is 3.04. The van der Waals surface area contributed by atoms with Crippen molar-refractivity contribution in [3.8, 4) is 11.5 Å². The standard InChI is InChI=1S/C13H18N2O3/c1-17-11-5-3-4-9(12(11)18-2)8-10-13(16)15-7-6-14-10/h3-5,10,14H,6-8H2,1-2H3,(H,15,16)/t10-/m1/s1. The molecular formula is C13H18N2O3. The Morgan fingerprint density at radius 1 is 1.28 bits per heavy atom. The number of hydrogen-bond donors (Lipinski definition) is 2. The Balaban J connectivity index is 2.20. The highest BCUT2D eigenvalue weighted by Gasteiger charge is 2.23. The number of rotatable bonds is 4. The van der Waals surface area contributed by atoms with Crippen LogP contribution in [0.2, 0.25) is 0 Å². The molecule has 1 saturated heterocycles. The van der Waals surface area contributed by atoms with Gasteiger partial charge in [0.25, 0.3) is 0 Å². The van der Waals surface area contributed by atoms with E-state index in [0.717, 1.165) is 12.1 Å². The van der Waals surface area contributed by atoms with Crippen molar-refractivity contribution in [3.63, 3.8) is 0 Å². The first-order chi connectivity index (χ1) is 8.76. The highest BCUT2D eigenvalue weighted by molar-refractivity contribution is 5.83. The molecule has 1 aliphatic rings. The van der Waals surface area contributed by atoms with Crippen molar-refractivity contribution in [2.45, 2.75) is 12.5 Å². The molecule has 18 heavy (non-hydrogen) atoms. The van der Waals surface area contributed by atoms with Crippen molar-refractivity contribution in [3.05, 3.63) is 23.8 Å². The van der Waals surface area contributed by atoms with E-state index in [0.29, 0.717) is 24.5 Å². The Bertz CT molecular complexity index is 434. The number of amides is 1. The van der Waals surface area contributed by atoms with E-state index in [9.17, 15) is 4.79 Å². The third-order valence-corrected chi connectivity index (χ3v) is 3.04. The van der Waals surface area contributed by atoms with Crippen LogP contribution in [0.3, 0.4) is 0 Å². The predicted molar refractivity (Wildman–Crippen MR) is 68.1 cm³/mol. The zero-order valence-electron chi connectivity index (χ0n) is 10.7. The molecule has 1 aromatic rings. The number of carbonyl (C=O) groups is 1. The lowest BCUT2D eigenvalue weighted by Gasteiger charge is -2.24. The van der Waals surface area contributed by atoms with E-state index in [2.05, 4.69) is 10.6 Å². The highest BCUT2D eigenvalue weighted by Crippen LogP contribution is 2.31. The van der Waals surface area contributed by atoms with Gasteiger partial charge in [-0.3, -0.25) is 4.79 Å². The van der Waals surface area contributed by atoms with Gasteiger partial charge in [-0.15, -0.1) is 0 Å². The van der Waals surface area contributed by atoms with Crippen LogP contribution in [0.4, 0.5) is 0 Å². The largest absolute Gasteiger partial charge is 0.493 e. The van der Waals surface area contributed by atoms with Crippen LogP contribution in [-0.2, 0) is 11.2 Å². The van der Waals surface area contributed by atoms with Gasteiger partial charge in [0.15, 0.2) is 11.5 Å². The van der Waals surface area contributed by atoms with E-state index in [1.807, 2.05) is 18.2 Å². The summed E-state index contributed by atoms with van der Waals surface area (Å²) in [5.41, 5.74) is 0.964. The normalized spacial score (nSPS) is 19.2. The molecule has 1 aliphatic heterocycles. The molecule has 5 nitrogen and oxygen atoms in total. The lowest BCUT2D eigenvalue weighted by Crippen LogP contribution is -2.53. The van der Waals surface area contributed by atoms with Crippen LogP contribution < -0.4 is 20.1 Å². The number of para-hydroxylation sites is 1. The maximum atomic E-state index is 11.7. The van der Waals surface area contributed by atoms with E-state index in [1.165, 1.54) is 0 Å². The zero-order valence-corrected chi connectivity index (χ0v) is 10.7. The summed E-state index contributed by atoms with van der Waals surface area (Å²) in [6, 6.07) is 5.48. The van der Waals surface area contributed by atoms with Crippen LogP contribution in [-0.4, -0.2) is 39.3 Å². The third kappa shape index (κ3) is 2.56. The first kappa shape index (κ1) is 12.7. The molecule has 1 atom stereocenters. The van der Waals surface area contributed by atoms with Crippen LogP contribution in [0.15, 0.2) is 18.2 Å². The molecule has 0 bridgehead atoms. The van der Waals surface area contributed by atoms with E-state index in [1.54, 1.807) is 14.2 Å². The second-order valence-corrected chi connectivity index (χ2v) is 4.15. The van der Waals surface area contributed by atoms with Crippen molar-refractivity contribution in [2.24, 2.45) is 0 Å². The minimum Gasteiger partial charge on any atom is -0.493 e. The smallest absolute Gasteiger partial charge is 0.237 e. The van der Waals surface area contributed by atoms with Gasteiger partial charge in [-0.05, 0) is 6.07 Å². The molecule has 1 aromatic carbocycles. The van der Waals surface area contributed by atoms with Gasteiger partial charge in [-0.1, -0.05) is 12.1 Å². The number of piperazine rings is 1. The van der Waals surface area contributed by atoms with Crippen LogP contribution in [0, 0.1) is 0 Å². The van der Waals surface area contributed by atoms with Gasteiger partial charge in [-0.2, -0.15) is 0 Å². The van der Waals surface area contributed by atoms with Gasteiger partial charge in [0, 0.05) is 25.1 Å². The molecule has 0 aliphatic carbocycles. The Morgan fingerprint density at radius 3 is 2.78 bits per heavy atom. The average Bonchev–Trinajstić information content (AvgIpc) is 2.41. The topological polar surface area (TPSA) is 59.6 Å². The second-order valence-electron chi connectivity index (χ2n) is 4.15. The van der Waals surface area contributed by atoms with Crippen molar-refractivity contribution in [1.82, 2.24) is 10.6 Å². The summed E-state index contributed by atoms with van der Waals surface area (Å²) in [5.74, 6) is 1.41. The maximum absolute atomic E-state index is 11.7. The number of benzene rings is 1. The molecule has 2 rings (SSSR count). The Morgan fingerprint density at radius 2 is 2.11 bits per heavy atom. The summed E-state index contributed by atoms with van der Waals surface area (Å²) in [4.78, 5) is 11.7. The molecule has 5 heteroatoms. The lowest BCUT2D eigenvalue weighted by atomic mass is 10.0. The number of nitrogens with one attached hydrogen (secondary N) is 2. The minimum atomic E-state index is -0.209. The Kier molecular flexibility index (Phi) is 4.04. The number of ether oxygens (including phenoxy) is 2. The van der Waals surface area contributed by atoms with E-state index < -0.39 is 0 Å². The Hall–Kier alpha value is -1.75. The van der Waals surface area contributed by atoms with Crippen molar-refractivity contribution in [1.29, 1.82) is 0 Å². The number of carbonyl (C=O) groups excluding carboxylic acids is 1. The molecular weight excluding hydrogens is 232 g/mol. The summed E-state index contributed by atoms with van der Waals surface area (Å²) in [7, 11) is 3.21. The van der Waals surface area contributed by atoms with Gasteiger partial charge in [0.2, 0.25) is 5.91 Å². The van der Waals surface area contributed by atoms with Crippen molar-refractivity contribution < 1.29 is 14.3 Å². The molecule has 2 N–H and O–H groups in total. The summed E-state index contributed by atoms with van der Waals surface area (Å²) in [6.45, 7) is 1.48. The molecule has 0 spiro atoms. The van der Waals surface area contributed by atoms with Crippen LogP contribution >= 0.6 is 0 Å². The quantitative estimate of drug-likeness (QED) is 0.808. The SMILES string of the molecule is COc1cccc(C[C@H]2NCCNC2=O)c1OC. The molecule has 1 amide bonds. The van der Waals surface area contributed by atoms with Crippen molar-refractivity contribution >= 4 is 5.91 Å². The van der Waals surface area contributed by atoms with E-state index in [-0.39, 0.29) is 11.9 Å². The fourth-order valence-corrected chi connectivity index (χ4v) is 2.15. The number of methoxy groups -OCH3 is 2. The minimum absolute atomic E-state index is 0.0334. The first-order valence-corrected chi connectivity index (χ1v) is 5.97. The summed E-state index contributed by atoms with van der Waals surface area (Å²) in [5, 5.41) is 6.04. The molecule has 1 fully saturated rings.